The van der Waals surface area contributed by atoms with E-state index in [-0.39, 0.29) is 0 Å². The van der Waals surface area contributed by atoms with Crippen molar-refractivity contribution in [1.29, 1.82) is 0 Å². The minimum Gasteiger partial charge on any atom is -0.357 e. The molecule has 106 valence electrons. The first-order valence-electron chi connectivity index (χ1n) is 7.63. The molecule has 1 aromatic heterocycles. The minimum absolute atomic E-state index is 0.870. The lowest BCUT2D eigenvalue weighted by Crippen LogP contribution is -2.33. The van der Waals surface area contributed by atoms with Crippen molar-refractivity contribution < 1.29 is 0 Å². The maximum absolute atomic E-state index is 4.79. The van der Waals surface area contributed by atoms with Gasteiger partial charge in [0.2, 0.25) is 0 Å². The summed E-state index contributed by atoms with van der Waals surface area (Å²) in [5.41, 5.74) is 2.49. The molecule has 0 spiro atoms. The molecule has 0 radical (unpaired) electrons. The first kappa shape index (κ1) is 14.3. The van der Waals surface area contributed by atoms with E-state index >= 15 is 0 Å². The quantitative estimate of drug-likeness (QED) is 0.825. The highest BCUT2D eigenvalue weighted by Crippen LogP contribution is 2.22. The molecule has 1 saturated heterocycles. The van der Waals surface area contributed by atoms with Crippen LogP contribution in [0.1, 0.15) is 44.4 Å². The molecule has 1 N–H and O–H groups in total. The highest BCUT2D eigenvalue weighted by atomic mass is 15.2. The molecular weight excluding hydrogens is 234 g/mol. The van der Waals surface area contributed by atoms with Crippen molar-refractivity contribution in [2.45, 2.75) is 46.6 Å². The van der Waals surface area contributed by atoms with Gasteiger partial charge in [-0.1, -0.05) is 19.9 Å². The average Bonchev–Trinajstić information content (AvgIpc) is 2.42. The third kappa shape index (κ3) is 3.93. The summed E-state index contributed by atoms with van der Waals surface area (Å²) in [6, 6.07) is 4.42. The zero-order valence-electron chi connectivity index (χ0n) is 12.6. The van der Waals surface area contributed by atoms with E-state index in [2.05, 4.69) is 43.1 Å². The van der Waals surface area contributed by atoms with E-state index in [0.717, 1.165) is 37.9 Å². The van der Waals surface area contributed by atoms with E-state index in [9.17, 15) is 0 Å². The van der Waals surface area contributed by atoms with Gasteiger partial charge in [-0.3, -0.25) is 0 Å². The zero-order valence-corrected chi connectivity index (χ0v) is 12.6. The molecule has 19 heavy (non-hydrogen) atoms. The van der Waals surface area contributed by atoms with Gasteiger partial charge >= 0.3 is 0 Å². The predicted octanol–water partition coefficient (Wildman–Crippen LogP) is 3.13. The number of nitrogens with one attached hydrogen (secondary N) is 1. The van der Waals surface area contributed by atoms with E-state index in [1.54, 1.807) is 0 Å². The molecule has 2 heterocycles. The Hall–Kier alpha value is -1.09. The van der Waals surface area contributed by atoms with Crippen molar-refractivity contribution in [3.63, 3.8) is 0 Å². The largest absolute Gasteiger partial charge is 0.357 e. The molecule has 1 aromatic rings. The molecule has 0 atom stereocenters. The highest BCUT2D eigenvalue weighted by Gasteiger charge is 2.17. The standard InChI is InChI=1S/C16H27N3/c1-4-9-17-12-15-5-6-16(18-14(15)3)19-10-7-13(2)8-11-19/h5-6,13,17H,4,7-12H2,1-3H3. The van der Waals surface area contributed by atoms with E-state index in [0.29, 0.717) is 0 Å². The van der Waals surface area contributed by atoms with Crippen molar-refractivity contribution >= 4 is 5.82 Å². The van der Waals surface area contributed by atoms with Crippen LogP contribution in [0.15, 0.2) is 12.1 Å². The van der Waals surface area contributed by atoms with Crippen LogP contribution >= 0.6 is 0 Å². The molecule has 0 aromatic carbocycles. The number of anilines is 1. The Morgan fingerprint density at radius 1 is 1.32 bits per heavy atom. The van der Waals surface area contributed by atoms with Gasteiger partial charge in [0, 0.05) is 25.3 Å². The summed E-state index contributed by atoms with van der Waals surface area (Å²) in [5.74, 6) is 2.03. The number of hydrogen-bond donors (Lipinski definition) is 1. The highest BCUT2D eigenvalue weighted by molar-refractivity contribution is 5.42. The lowest BCUT2D eigenvalue weighted by atomic mass is 9.99. The first-order chi connectivity index (χ1) is 9.20. The fourth-order valence-corrected chi connectivity index (χ4v) is 2.58. The summed E-state index contributed by atoms with van der Waals surface area (Å²) in [6.45, 7) is 11.0. The Morgan fingerprint density at radius 3 is 2.68 bits per heavy atom. The summed E-state index contributed by atoms with van der Waals surface area (Å²) in [5, 5.41) is 3.44. The fraction of sp³-hybridized carbons (Fsp3) is 0.688. The number of aryl methyl sites for hydroxylation is 1. The van der Waals surface area contributed by atoms with Crippen LogP contribution in [-0.4, -0.2) is 24.6 Å². The molecule has 1 aliphatic rings. The maximum atomic E-state index is 4.79. The maximum Gasteiger partial charge on any atom is 0.128 e. The van der Waals surface area contributed by atoms with Gasteiger partial charge in [-0.05, 0) is 50.3 Å². The molecule has 0 amide bonds. The molecule has 2 rings (SSSR count). The van der Waals surface area contributed by atoms with Gasteiger partial charge in [0.05, 0.1) is 0 Å². The smallest absolute Gasteiger partial charge is 0.128 e. The number of rotatable bonds is 5. The monoisotopic (exact) mass is 261 g/mol. The Balaban J connectivity index is 1.98. The van der Waals surface area contributed by atoms with Crippen molar-refractivity contribution in [3.05, 3.63) is 23.4 Å². The average molecular weight is 261 g/mol. The molecular formula is C16H27N3. The van der Waals surface area contributed by atoms with E-state index < -0.39 is 0 Å². The SMILES string of the molecule is CCCNCc1ccc(N2CCC(C)CC2)nc1C. The second-order valence-corrected chi connectivity index (χ2v) is 5.76. The molecule has 0 bridgehead atoms. The van der Waals surface area contributed by atoms with Gasteiger partial charge in [-0.25, -0.2) is 4.98 Å². The van der Waals surface area contributed by atoms with Gasteiger partial charge in [0.1, 0.15) is 5.82 Å². The Morgan fingerprint density at radius 2 is 2.05 bits per heavy atom. The Bertz CT molecular complexity index is 395. The van der Waals surface area contributed by atoms with Crippen molar-refractivity contribution in [1.82, 2.24) is 10.3 Å². The van der Waals surface area contributed by atoms with Crippen LogP contribution < -0.4 is 10.2 Å². The molecule has 1 aliphatic heterocycles. The third-order valence-electron chi connectivity index (χ3n) is 4.03. The number of pyridine rings is 1. The Kier molecular flexibility index (Phi) is 5.20. The third-order valence-corrected chi connectivity index (χ3v) is 4.03. The lowest BCUT2D eigenvalue weighted by molar-refractivity contribution is 0.436. The first-order valence-corrected chi connectivity index (χ1v) is 7.63. The lowest BCUT2D eigenvalue weighted by Gasteiger charge is -2.31. The molecule has 3 heteroatoms. The second kappa shape index (κ2) is 6.90. The van der Waals surface area contributed by atoms with Crippen molar-refractivity contribution in [3.8, 4) is 0 Å². The van der Waals surface area contributed by atoms with E-state index in [1.165, 1.54) is 30.5 Å². The topological polar surface area (TPSA) is 28.2 Å². The van der Waals surface area contributed by atoms with Gasteiger partial charge in [0.15, 0.2) is 0 Å². The van der Waals surface area contributed by atoms with Gasteiger partial charge in [0.25, 0.3) is 0 Å². The zero-order chi connectivity index (χ0) is 13.7. The summed E-state index contributed by atoms with van der Waals surface area (Å²) in [6.07, 6.45) is 3.76. The van der Waals surface area contributed by atoms with E-state index in [4.69, 9.17) is 4.98 Å². The van der Waals surface area contributed by atoms with Gasteiger partial charge < -0.3 is 10.2 Å². The van der Waals surface area contributed by atoms with Crippen LogP contribution in [-0.2, 0) is 6.54 Å². The molecule has 0 aliphatic carbocycles. The molecule has 0 unspecified atom stereocenters. The number of nitrogens with zero attached hydrogens (tertiary/aromatic N) is 2. The van der Waals surface area contributed by atoms with Gasteiger partial charge in [-0.2, -0.15) is 0 Å². The number of piperidine rings is 1. The predicted molar refractivity (Wildman–Crippen MR) is 81.6 cm³/mol. The summed E-state index contributed by atoms with van der Waals surface area (Å²) < 4.78 is 0. The number of aromatic nitrogens is 1. The van der Waals surface area contributed by atoms with Crippen LogP contribution in [0.4, 0.5) is 5.82 Å². The van der Waals surface area contributed by atoms with Crippen molar-refractivity contribution in [2.75, 3.05) is 24.5 Å². The normalized spacial score (nSPS) is 16.9. The van der Waals surface area contributed by atoms with Crippen LogP contribution in [0.5, 0.6) is 0 Å². The summed E-state index contributed by atoms with van der Waals surface area (Å²) in [4.78, 5) is 7.21. The van der Waals surface area contributed by atoms with Crippen LogP contribution in [0.3, 0.4) is 0 Å². The van der Waals surface area contributed by atoms with Gasteiger partial charge in [-0.15, -0.1) is 0 Å². The second-order valence-electron chi connectivity index (χ2n) is 5.76. The van der Waals surface area contributed by atoms with Crippen LogP contribution in [0, 0.1) is 12.8 Å². The van der Waals surface area contributed by atoms with Crippen LogP contribution in [0.25, 0.3) is 0 Å². The van der Waals surface area contributed by atoms with Crippen molar-refractivity contribution in [2.24, 2.45) is 5.92 Å². The molecule has 1 fully saturated rings. The number of hydrogen-bond acceptors (Lipinski definition) is 3. The molecule has 3 nitrogen and oxygen atoms in total. The summed E-state index contributed by atoms with van der Waals surface area (Å²) >= 11 is 0. The minimum atomic E-state index is 0.870. The van der Waals surface area contributed by atoms with E-state index in [1.807, 2.05) is 0 Å². The molecule has 0 saturated carbocycles. The summed E-state index contributed by atoms with van der Waals surface area (Å²) in [7, 11) is 0. The fourth-order valence-electron chi connectivity index (χ4n) is 2.58. The van der Waals surface area contributed by atoms with Crippen LogP contribution in [0.2, 0.25) is 0 Å². The Labute approximate surface area is 117 Å².